The minimum Gasteiger partial charge on any atom is -0.387 e. The van der Waals surface area contributed by atoms with E-state index in [-0.39, 0.29) is 5.92 Å². The Kier molecular flexibility index (Phi) is 4.65. The molecular weight excluding hydrogens is 289 g/mol. The monoisotopic (exact) mass is 301 g/mol. The fraction of sp³-hybridized carbons (Fsp3) is 0.231. The van der Waals surface area contributed by atoms with Crippen molar-refractivity contribution in [2.45, 2.75) is 12.0 Å². The first kappa shape index (κ1) is 13.8. The van der Waals surface area contributed by atoms with Crippen molar-refractivity contribution >= 4 is 34.5 Å². The number of halogens is 2. The zero-order chi connectivity index (χ0) is 13.1. The lowest BCUT2D eigenvalue weighted by atomic mass is 9.92. The fourth-order valence-electron chi connectivity index (χ4n) is 1.84. The minimum absolute atomic E-state index is 0.156. The number of aliphatic hydroxyl groups is 1. The van der Waals surface area contributed by atoms with Crippen LogP contribution in [0, 0.1) is 0 Å². The number of aliphatic hydroxyl groups excluding tert-OH is 1. The van der Waals surface area contributed by atoms with Gasteiger partial charge in [-0.1, -0.05) is 35.3 Å². The van der Waals surface area contributed by atoms with E-state index < -0.39 is 6.10 Å². The van der Waals surface area contributed by atoms with Crippen molar-refractivity contribution in [3.8, 4) is 0 Å². The quantitative estimate of drug-likeness (QED) is 0.901. The van der Waals surface area contributed by atoms with Crippen molar-refractivity contribution in [2.24, 2.45) is 5.73 Å². The van der Waals surface area contributed by atoms with Crippen LogP contribution in [0.5, 0.6) is 0 Å². The standard InChI is InChI=1S/C13H13Cl2NOS/c14-9-3-1-8(2-4-9)10(7-16)13(17)11-5-6-12(15)18-11/h1-6,10,13,17H,7,16H2. The average molecular weight is 302 g/mol. The molecule has 5 heteroatoms. The molecule has 2 rings (SSSR count). The lowest BCUT2D eigenvalue weighted by Gasteiger charge is -2.21. The third kappa shape index (κ3) is 3.05. The highest BCUT2D eigenvalue weighted by molar-refractivity contribution is 7.16. The van der Waals surface area contributed by atoms with Gasteiger partial charge in [0.25, 0.3) is 0 Å². The summed E-state index contributed by atoms with van der Waals surface area (Å²) >= 11 is 13.1. The maximum atomic E-state index is 10.4. The van der Waals surface area contributed by atoms with Gasteiger partial charge in [0, 0.05) is 22.4 Å². The van der Waals surface area contributed by atoms with Gasteiger partial charge < -0.3 is 10.8 Å². The zero-order valence-corrected chi connectivity index (χ0v) is 11.8. The molecule has 0 saturated heterocycles. The van der Waals surface area contributed by atoms with E-state index in [4.69, 9.17) is 28.9 Å². The van der Waals surface area contributed by atoms with Crippen molar-refractivity contribution < 1.29 is 5.11 Å². The predicted molar refractivity (Wildman–Crippen MR) is 77.5 cm³/mol. The van der Waals surface area contributed by atoms with Crippen molar-refractivity contribution in [1.29, 1.82) is 0 Å². The van der Waals surface area contributed by atoms with Gasteiger partial charge in [0.1, 0.15) is 0 Å². The summed E-state index contributed by atoms with van der Waals surface area (Å²) in [4.78, 5) is 0.824. The molecule has 2 unspecified atom stereocenters. The predicted octanol–water partition coefficient (Wildman–Crippen LogP) is 3.83. The van der Waals surface area contributed by atoms with Gasteiger partial charge in [-0.3, -0.25) is 0 Å². The molecule has 0 saturated carbocycles. The van der Waals surface area contributed by atoms with Crippen LogP contribution in [-0.4, -0.2) is 11.7 Å². The molecule has 2 aromatic rings. The number of benzene rings is 1. The van der Waals surface area contributed by atoms with Crippen molar-refractivity contribution in [1.82, 2.24) is 0 Å². The maximum Gasteiger partial charge on any atom is 0.0962 e. The summed E-state index contributed by atoms with van der Waals surface area (Å²) in [5.74, 6) is -0.156. The lowest BCUT2D eigenvalue weighted by molar-refractivity contribution is 0.151. The van der Waals surface area contributed by atoms with Crippen LogP contribution in [0.15, 0.2) is 36.4 Å². The van der Waals surface area contributed by atoms with E-state index in [9.17, 15) is 5.11 Å². The second kappa shape index (κ2) is 6.04. The highest BCUT2D eigenvalue weighted by atomic mass is 35.5. The first-order valence-electron chi connectivity index (χ1n) is 5.50. The van der Waals surface area contributed by atoms with Gasteiger partial charge >= 0.3 is 0 Å². The van der Waals surface area contributed by atoms with Crippen molar-refractivity contribution in [3.05, 3.63) is 56.2 Å². The Labute approximate surface area is 120 Å². The van der Waals surface area contributed by atoms with Gasteiger partial charge in [-0.2, -0.15) is 0 Å². The third-order valence-electron chi connectivity index (χ3n) is 2.82. The molecule has 1 heterocycles. The second-order valence-corrected chi connectivity index (χ2v) is 6.16. The molecule has 1 aromatic carbocycles. The van der Waals surface area contributed by atoms with E-state index in [0.717, 1.165) is 10.4 Å². The fourth-order valence-corrected chi connectivity index (χ4v) is 3.08. The van der Waals surface area contributed by atoms with Crippen LogP contribution in [0.3, 0.4) is 0 Å². The van der Waals surface area contributed by atoms with Crippen LogP contribution in [0.1, 0.15) is 22.5 Å². The molecule has 0 aliphatic carbocycles. The second-order valence-electron chi connectivity index (χ2n) is 3.98. The van der Waals surface area contributed by atoms with Gasteiger partial charge in [-0.25, -0.2) is 0 Å². The summed E-state index contributed by atoms with van der Waals surface area (Å²) in [6, 6.07) is 11.0. The molecule has 2 nitrogen and oxygen atoms in total. The Bertz CT molecular complexity index is 512. The van der Waals surface area contributed by atoms with E-state index in [2.05, 4.69) is 0 Å². The molecule has 0 bridgehead atoms. The Hall–Kier alpha value is -0.580. The number of hydrogen-bond acceptors (Lipinski definition) is 3. The van der Waals surface area contributed by atoms with Crippen LogP contribution in [0.25, 0.3) is 0 Å². The Morgan fingerprint density at radius 1 is 1.11 bits per heavy atom. The van der Waals surface area contributed by atoms with Crippen LogP contribution in [0.2, 0.25) is 9.36 Å². The number of nitrogens with two attached hydrogens (primary N) is 1. The molecule has 0 fully saturated rings. The topological polar surface area (TPSA) is 46.2 Å². The van der Waals surface area contributed by atoms with E-state index in [1.54, 1.807) is 18.2 Å². The average Bonchev–Trinajstić information content (AvgIpc) is 2.79. The van der Waals surface area contributed by atoms with Gasteiger partial charge in [-0.05, 0) is 29.8 Å². The third-order valence-corrected chi connectivity index (χ3v) is 4.37. The summed E-state index contributed by atoms with van der Waals surface area (Å²) in [7, 11) is 0. The highest BCUT2D eigenvalue weighted by Gasteiger charge is 2.22. The summed E-state index contributed by atoms with van der Waals surface area (Å²) in [6.45, 7) is 0.359. The molecule has 96 valence electrons. The molecule has 0 spiro atoms. The smallest absolute Gasteiger partial charge is 0.0962 e. The van der Waals surface area contributed by atoms with Crippen LogP contribution >= 0.6 is 34.5 Å². The van der Waals surface area contributed by atoms with Crippen molar-refractivity contribution in [2.75, 3.05) is 6.54 Å². The summed E-state index contributed by atoms with van der Waals surface area (Å²) in [6.07, 6.45) is -0.645. The first-order chi connectivity index (χ1) is 8.61. The number of thiophene rings is 1. The molecule has 0 aliphatic heterocycles. The van der Waals surface area contributed by atoms with Gasteiger partial charge in [-0.15, -0.1) is 11.3 Å². The molecule has 0 amide bonds. The molecule has 0 radical (unpaired) electrons. The summed E-state index contributed by atoms with van der Waals surface area (Å²) in [5.41, 5.74) is 6.74. The minimum atomic E-state index is -0.645. The van der Waals surface area contributed by atoms with Crippen LogP contribution in [0.4, 0.5) is 0 Å². The summed E-state index contributed by atoms with van der Waals surface area (Å²) in [5, 5.41) is 11.0. The van der Waals surface area contributed by atoms with Crippen molar-refractivity contribution in [3.63, 3.8) is 0 Å². The van der Waals surface area contributed by atoms with Gasteiger partial charge in [0.05, 0.1) is 10.4 Å². The molecule has 2 atom stereocenters. The molecule has 3 N–H and O–H groups in total. The molecular formula is C13H13Cl2NOS. The Balaban J connectivity index is 2.25. The highest BCUT2D eigenvalue weighted by Crippen LogP contribution is 2.35. The van der Waals surface area contributed by atoms with Gasteiger partial charge in [0.2, 0.25) is 0 Å². The molecule has 18 heavy (non-hydrogen) atoms. The maximum absolute atomic E-state index is 10.4. The Morgan fingerprint density at radius 2 is 1.78 bits per heavy atom. The molecule has 0 aliphatic rings. The van der Waals surface area contributed by atoms with Crippen LogP contribution in [-0.2, 0) is 0 Å². The normalized spacial score (nSPS) is 14.4. The van der Waals surface area contributed by atoms with E-state index in [0.29, 0.717) is 15.9 Å². The Morgan fingerprint density at radius 3 is 2.28 bits per heavy atom. The molecule has 1 aromatic heterocycles. The zero-order valence-electron chi connectivity index (χ0n) is 9.51. The largest absolute Gasteiger partial charge is 0.387 e. The van der Waals surface area contributed by atoms with E-state index in [1.165, 1.54) is 11.3 Å². The van der Waals surface area contributed by atoms with E-state index >= 15 is 0 Å². The summed E-state index contributed by atoms with van der Waals surface area (Å²) < 4.78 is 0.663. The lowest BCUT2D eigenvalue weighted by Crippen LogP contribution is -2.19. The van der Waals surface area contributed by atoms with Crippen LogP contribution < -0.4 is 5.73 Å². The van der Waals surface area contributed by atoms with Gasteiger partial charge in [0.15, 0.2) is 0 Å². The first-order valence-corrected chi connectivity index (χ1v) is 7.08. The number of rotatable bonds is 4. The SMILES string of the molecule is NCC(c1ccc(Cl)cc1)C(O)c1ccc(Cl)s1. The number of hydrogen-bond donors (Lipinski definition) is 2. The van der Waals surface area contributed by atoms with E-state index in [1.807, 2.05) is 18.2 Å².